The van der Waals surface area contributed by atoms with Crippen LogP contribution in [0.3, 0.4) is 0 Å². The minimum absolute atomic E-state index is 0.117. The Kier molecular flexibility index (Phi) is 4.84. The Hall–Kier alpha value is -0.360. The molecule has 5 heteroatoms. The molecule has 18 heavy (non-hydrogen) atoms. The zero-order valence-corrected chi connectivity index (χ0v) is 14.0. The summed E-state index contributed by atoms with van der Waals surface area (Å²) in [6.45, 7) is 0. The Morgan fingerprint density at radius 1 is 1.28 bits per heavy atom. The zero-order valence-electron chi connectivity index (χ0n) is 10.0. The highest BCUT2D eigenvalue weighted by Crippen LogP contribution is 2.37. The van der Waals surface area contributed by atoms with E-state index in [4.69, 9.17) is 4.74 Å². The highest BCUT2D eigenvalue weighted by Gasteiger charge is 2.20. The van der Waals surface area contributed by atoms with E-state index in [1.54, 1.807) is 18.4 Å². The molecule has 0 spiro atoms. The van der Waals surface area contributed by atoms with Crippen molar-refractivity contribution >= 4 is 43.2 Å². The number of thiophene rings is 1. The normalized spacial score (nSPS) is 12.4. The third kappa shape index (κ3) is 2.79. The van der Waals surface area contributed by atoms with Gasteiger partial charge in [0.2, 0.25) is 0 Å². The van der Waals surface area contributed by atoms with Crippen LogP contribution >= 0.6 is 43.2 Å². The fraction of sp³-hybridized carbons (Fsp3) is 0.231. The van der Waals surface area contributed by atoms with Crippen molar-refractivity contribution in [3.05, 3.63) is 49.0 Å². The first-order valence-corrected chi connectivity index (χ1v) is 7.87. The monoisotopic (exact) mass is 389 g/mol. The van der Waals surface area contributed by atoms with Gasteiger partial charge in [-0.1, -0.05) is 15.9 Å². The summed E-state index contributed by atoms with van der Waals surface area (Å²) in [5.74, 6) is 0.887. The predicted octanol–water partition coefficient (Wildman–Crippen LogP) is 4.59. The number of hydrogen-bond acceptors (Lipinski definition) is 3. The number of ether oxygens (including phenoxy) is 1. The topological polar surface area (TPSA) is 21.3 Å². The van der Waals surface area contributed by atoms with Crippen molar-refractivity contribution in [3.8, 4) is 5.75 Å². The molecule has 0 aliphatic rings. The smallest absolute Gasteiger partial charge is 0.124 e. The largest absolute Gasteiger partial charge is 0.496 e. The van der Waals surface area contributed by atoms with Gasteiger partial charge in [0.15, 0.2) is 0 Å². The molecule has 2 nitrogen and oxygen atoms in total. The molecule has 2 aromatic rings. The van der Waals surface area contributed by atoms with Gasteiger partial charge in [-0.05, 0) is 52.6 Å². The van der Waals surface area contributed by atoms with Crippen molar-refractivity contribution in [2.75, 3.05) is 14.2 Å². The van der Waals surface area contributed by atoms with Crippen molar-refractivity contribution in [3.63, 3.8) is 0 Å². The average Bonchev–Trinajstić information content (AvgIpc) is 2.77. The van der Waals surface area contributed by atoms with E-state index in [0.717, 1.165) is 20.3 Å². The fourth-order valence-corrected chi connectivity index (χ4v) is 3.98. The van der Waals surface area contributed by atoms with Gasteiger partial charge in [0.1, 0.15) is 5.75 Å². The molecule has 0 fully saturated rings. The third-order valence-corrected chi connectivity index (χ3v) is 5.13. The average molecular weight is 391 g/mol. The van der Waals surface area contributed by atoms with Crippen LogP contribution < -0.4 is 10.1 Å². The lowest BCUT2D eigenvalue weighted by Gasteiger charge is -2.19. The van der Waals surface area contributed by atoms with Crippen LogP contribution in [0.15, 0.2) is 38.6 Å². The molecular formula is C13H13Br2NOS. The van der Waals surface area contributed by atoms with Gasteiger partial charge in [0.25, 0.3) is 0 Å². The van der Waals surface area contributed by atoms with E-state index in [-0.39, 0.29) is 6.04 Å². The maximum atomic E-state index is 5.45. The minimum atomic E-state index is 0.117. The van der Waals surface area contributed by atoms with Crippen LogP contribution in [0.1, 0.15) is 16.5 Å². The summed E-state index contributed by atoms with van der Waals surface area (Å²) in [5.41, 5.74) is 1.12. The van der Waals surface area contributed by atoms with Gasteiger partial charge in [-0.3, -0.25) is 0 Å². The molecule has 1 aromatic carbocycles. The van der Waals surface area contributed by atoms with Gasteiger partial charge >= 0.3 is 0 Å². The lowest BCUT2D eigenvalue weighted by Crippen LogP contribution is -2.17. The van der Waals surface area contributed by atoms with Crippen molar-refractivity contribution in [2.24, 2.45) is 0 Å². The minimum Gasteiger partial charge on any atom is -0.496 e. The maximum absolute atomic E-state index is 5.45. The lowest BCUT2D eigenvalue weighted by molar-refractivity contribution is 0.405. The standard InChI is InChI=1S/C13H13Br2NOS/c1-16-12(13-10(15)5-6-18-13)9-7-8(14)3-4-11(9)17-2/h3-7,12,16H,1-2H3. The van der Waals surface area contributed by atoms with Gasteiger partial charge in [-0.25, -0.2) is 0 Å². The molecule has 0 bridgehead atoms. The molecule has 1 N–H and O–H groups in total. The molecule has 1 atom stereocenters. The van der Waals surface area contributed by atoms with Crippen LogP contribution in [0, 0.1) is 0 Å². The van der Waals surface area contributed by atoms with Gasteiger partial charge in [-0.15, -0.1) is 11.3 Å². The second-order valence-corrected chi connectivity index (χ2v) is 6.46. The van der Waals surface area contributed by atoms with E-state index in [2.05, 4.69) is 54.7 Å². The van der Waals surface area contributed by atoms with Crippen molar-refractivity contribution < 1.29 is 4.74 Å². The second-order valence-electron chi connectivity index (χ2n) is 3.74. The quantitative estimate of drug-likeness (QED) is 0.824. The molecule has 96 valence electrons. The molecule has 0 saturated heterocycles. The Balaban J connectivity index is 2.51. The molecule has 0 aliphatic carbocycles. The van der Waals surface area contributed by atoms with Crippen molar-refractivity contribution in [1.82, 2.24) is 5.32 Å². The molecule has 0 amide bonds. The molecular weight excluding hydrogens is 378 g/mol. The summed E-state index contributed by atoms with van der Waals surface area (Å²) in [5, 5.41) is 5.42. The summed E-state index contributed by atoms with van der Waals surface area (Å²) < 4.78 is 7.62. The number of halogens is 2. The summed E-state index contributed by atoms with van der Waals surface area (Å²) >= 11 is 8.82. The molecule has 1 heterocycles. The summed E-state index contributed by atoms with van der Waals surface area (Å²) in [6, 6.07) is 8.23. The van der Waals surface area contributed by atoms with Crippen LogP contribution in [0.2, 0.25) is 0 Å². The molecule has 0 aliphatic heterocycles. The highest BCUT2D eigenvalue weighted by molar-refractivity contribution is 9.10. The van der Waals surface area contributed by atoms with E-state index in [9.17, 15) is 0 Å². The maximum Gasteiger partial charge on any atom is 0.124 e. The van der Waals surface area contributed by atoms with Crippen LogP contribution in [-0.2, 0) is 0 Å². The summed E-state index contributed by atoms with van der Waals surface area (Å²) in [4.78, 5) is 1.24. The van der Waals surface area contributed by atoms with E-state index in [1.807, 2.05) is 19.2 Å². The lowest BCUT2D eigenvalue weighted by atomic mass is 10.0. The van der Waals surface area contributed by atoms with Gasteiger partial charge in [0, 0.05) is 19.4 Å². The summed E-state index contributed by atoms with van der Waals surface area (Å²) in [7, 11) is 3.65. The molecule has 0 radical (unpaired) electrons. The van der Waals surface area contributed by atoms with E-state index in [1.165, 1.54) is 4.88 Å². The SMILES string of the molecule is CNC(c1cc(Br)ccc1OC)c1sccc1Br. The van der Waals surface area contributed by atoms with Gasteiger partial charge < -0.3 is 10.1 Å². The molecule has 0 saturated carbocycles. The Morgan fingerprint density at radius 3 is 2.61 bits per heavy atom. The van der Waals surface area contributed by atoms with E-state index in [0.29, 0.717) is 0 Å². The van der Waals surface area contributed by atoms with E-state index < -0.39 is 0 Å². The number of hydrogen-bond donors (Lipinski definition) is 1. The highest BCUT2D eigenvalue weighted by atomic mass is 79.9. The first-order chi connectivity index (χ1) is 8.67. The first-order valence-electron chi connectivity index (χ1n) is 5.41. The summed E-state index contributed by atoms with van der Waals surface area (Å²) in [6.07, 6.45) is 0. The molecule has 2 rings (SSSR count). The van der Waals surface area contributed by atoms with Crippen LogP contribution in [-0.4, -0.2) is 14.2 Å². The van der Waals surface area contributed by atoms with Crippen LogP contribution in [0.25, 0.3) is 0 Å². The molecule has 1 unspecified atom stereocenters. The number of rotatable bonds is 4. The Bertz CT molecular complexity index is 542. The third-order valence-electron chi connectivity index (χ3n) is 2.70. The van der Waals surface area contributed by atoms with Crippen molar-refractivity contribution in [1.29, 1.82) is 0 Å². The van der Waals surface area contributed by atoms with Gasteiger partial charge in [-0.2, -0.15) is 0 Å². The Labute approximate surface area is 128 Å². The first kappa shape index (κ1) is 14.1. The van der Waals surface area contributed by atoms with Crippen LogP contribution in [0.5, 0.6) is 5.75 Å². The number of methoxy groups -OCH3 is 1. The van der Waals surface area contributed by atoms with E-state index >= 15 is 0 Å². The number of benzene rings is 1. The molecule has 1 aromatic heterocycles. The second kappa shape index (κ2) is 6.19. The Morgan fingerprint density at radius 2 is 2.06 bits per heavy atom. The van der Waals surface area contributed by atoms with Crippen molar-refractivity contribution in [2.45, 2.75) is 6.04 Å². The van der Waals surface area contributed by atoms with Gasteiger partial charge in [0.05, 0.1) is 13.2 Å². The van der Waals surface area contributed by atoms with Crippen LogP contribution in [0.4, 0.5) is 0 Å². The zero-order chi connectivity index (χ0) is 13.1. The fourth-order valence-electron chi connectivity index (χ4n) is 1.87. The predicted molar refractivity (Wildman–Crippen MR) is 83.6 cm³/mol. The number of nitrogens with one attached hydrogen (secondary N) is 1.